The van der Waals surface area contributed by atoms with E-state index in [0.717, 1.165) is 18.4 Å². The van der Waals surface area contributed by atoms with Crippen molar-refractivity contribution < 1.29 is 8.78 Å². The van der Waals surface area contributed by atoms with Gasteiger partial charge in [-0.15, -0.1) is 0 Å². The largest absolute Gasteiger partial charge is 0.207 e. The number of benzene rings is 2. The maximum atomic E-state index is 14.5. The summed E-state index contributed by atoms with van der Waals surface area (Å²) in [6.07, 6.45) is 8.31. The molecule has 0 aliphatic heterocycles. The van der Waals surface area contributed by atoms with Gasteiger partial charge in [0, 0.05) is 5.56 Å². The van der Waals surface area contributed by atoms with E-state index in [2.05, 4.69) is 6.92 Å². The van der Waals surface area contributed by atoms with Crippen molar-refractivity contribution in [3.8, 4) is 11.1 Å². The first-order valence-electron chi connectivity index (χ1n) is 8.74. The van der Waals surface area contributed by atoms with Gasteiger partial charge in [-0.3, -0.25) is 0 Å². The van der Waals surface area contributed by atoms with Crippen molar-refractivity contribution in [1.82, 2.24) is 0 Å². The Bertz CT molecular complexity index is 658. The summed E-state index contributed by atoms with van der Waals surface area (Å²) >= 11 is 0. The first kappa shape index (κ1) is 16.2. The first-order chi connectivity index (χ1) is 11.2. The molecule has 1 aliphatic carbocycles. The molecule has 23 heavy (non-hydrogen) atoms. The predicted octanol–water partition coefficient (Wildman–Crippen LogP) is 6.32. The lowest BCUT2D eigenvalue weighted by Gasteiger charge is -2.25. The number of hydrogen-bond donors (Lipinski definition) is 0. The Morgan fingerprint density at radius 2 is 1.78 bits per heavy atom. The summed E-state index contributed by atoms with van der Waals surface area (Å²) in [5.41, 5.74) is 3.77. The highest BCUT2D eigenvalue weighted by Gasteiger charge is 2.20. The van der Waals surface area contributed by atoms with Crippen molar-refractivity contribution in [1.29, 1.82) is 0 Å². The molecule has 0 saturated carbocycles. The molecule has 0 spiro atoms. The van der Waals surface area contributed by atoms with Gasteiger partial charge in [-0.1, -0.05) is 44.7 Å². The van der Waals surface area contributed by atoms with Gasteiger partial charge in [-0.25, -0.2) is 8.78 Å². The van der Waals surface area contributed by atoms with E-state index in [1.165, 1.54) is 55.4 Å². The van der Waals surface area contributed by atoms with Gasteiger partial charge in [-0.2, -0.15) is 0 Å². The Hall–Kier alpha value is -1.70. The van der Waals surface area contributed by atoms with E-state index in [1.807, 2.05) is 6.07 Å². The van der Waals surface area contributed by atoms with Gasteiger partial charge in [0.1, 0.15) is 11.6 Å². The lowest BCUT2D eigenvalue weighted by Crippen LogP contribution is -2.15. The monoisotopic (exact) mass is 314 g/mol. The normalized spacial score (nSPS) is 17.1. The van der Waals surface area contributed by atoms with Gasteiger partial charge in [0.15, 0.2) is 0 Å². The molecule has 2 aromatic rings. The topological polar surface area (TPSA) is 0 Å². The van der Waals surface area contributed by atoms with Gasteiger partial charge in [0.2, 0.25) is 0 Å². The Morgan fingerprint density at radius 1 is 1.00 bits per heavy atom. The molecule has 0 saturated heterocycles. The molecular formula is C21H24F2. The van der Waals surface area contributed by atoms with Crippen LogP contribution in [0.1, 0.15) is 50.2 Å². The average Bonchev–Trinajstić information content (AvgIpc) is 2.55. The van der Waals surface area contributed by atoms with Gasteiger partial charge in [-0.05, 0) is 66.1 Å². The molecule has 1 aliphatic rings. The molecule has 0 heterocycles. The van der Waals surface area contributed by atoms with Crippen molar-refractivity contribution in [3.05, 3.63) is 59.2 Å². The molecular weight excluding hydrogens is 290 g/mol. The molecule has 0 nitrogen and oxygen atoms in total. The predicted molar refractivity (Wildman–Crippen MR) is 91.5 cm³/mol. The van der Waals surface area contributed by atoms with Crippen LogP contribution >= 0.6 is 0 Å². The first-order valence-corrected chi connectivity index (χ1v) is 8.74. The van der Waals surface area contributed by atoms with Gasteiger partial charge >= 0.3 is 0 Å². The van der Waals surface area contributed by atoms with E-state index in [0.29, 0.717) is 11.5 Å². The van der Waals surface area contributed by atoms with E-state index in [4.69, 9.17) is 0 Å². The molecule has 0 bridgehead atoms. The molecule has 1 atom stereocenters. The lowest BCUT2D eigenvalue weighted by molar-refractivity contribution is 0.407. The highest BCUT2D eigenvalue weighted by Crippen LogP contribution is 2.33. The smallest absolute Gasteiger partial charge is 0.131 e. The minimum Gasteiger partial charge on any atom is -0.207 e. The van der Waals surface area contributed by atoms with Crippen molar-refractivity contribution >= 4 is 0 Å². The summed E-state index contributed by atoms with van der Waals surface area (Å²) in [6, 6.07) is 9.75. The third-order valence-corrected chi connectivity index (χ3v) is 4.99. The second-order valence-electron chi connectivity index (χ2n) is 6.71. The number of rotatable bonds is 5. The number of halogens is 2. The molecule has 0 fully saturated rings. The van der Waals surface area contributed by atoms with Crippen LogP contribution in [0.4, 0.5) is 8.78 Å². The standard InChI is InChI=1S/C21H24F2/c1-2-3-4-5-15-6-7-17-13-20(21(23)14-18(17)12-15)16-8-10-19(22)11-9-16/h8-11,13-15H,2-7,12H2,1H3. The van der Waals surface area contributed by atoms with E-state index in [9.17, 15) is 8.78 Å². The summed E-state index contributed by atoms with van der Waals surface area (Å²) in [4.78, 5) is 0. The van der Waals surface area contributed by atoms with Crippen molar-refractivity contribution in [2.75, 3.05) is 0 Å². The van der Waals surface area contributed by atoms with Crippen LogP contribution in [-0.4, -0.2) is 0 Å². The van der Waals surface area contributed by atoms with Crippen LogP contribution in [0.3, 0.4) is 0 Å². The second-order valence-corrected chi connectivity index (χ2v) is 6.71. The fourth-order valence-corrected chi connectivity index (χ4v) is 3.63. The Labute approximate surface area is 137 Å². The molecule has 2 aromatic carbocycles. The zero-order chi connectivity index (χ0) is 16.2. The molecule has 122 valence electrons. The Morgan fingerprint density at radius 3 is 2.52 bits per heavy atom. The molecule has 0 N–H and O–H groups in total. The van der Waals surface area contributed by atoms with E-state index >= 15 is 0 Å². The SMILES string of the molecule is CCCCCC1CCc2cc(-c3ccc(F)cc3)c(F)cc2C1. The third kappa shape index (κ3) is 3.80. The average molecular weight is 314 g/mol. The maximum Gasteiger partial charge on any atom is 0.131 e. The number of hydrogen-bond acceptors (Lipinski definition) is 0. The zero-order valence-electron chi connectivity index (χ0n) is 13.7. The summed E-state index contributed by atoms with van der Waals surface area (Å²) in [6.45, 7) is 2.22. The molecule has 0 radical (unpaired) electrons. The van der Waals surface area contributed by atoms with Crippen molar-refractivity contribution in [2.24, 2.45) is 5.92 Å². The molecule has 0 amide bonds. The van der Waals surface area contributed by atoms with E-state index < -0.39 is 0 Å². The fourth-order valence-electron chi connectivity index (χ4n) is 3.63. The van der Waals surface area contributed by atoms with E-state index in [1.54, 1.807) is 18.2 Å². The number of aryl methyl sites for hydroxylation is 1. The number of unbranched alkanes of at least 4 members (excludes halogenated alkanes) is 2. The van der Waals surface area contributed by atoms with Crippen molar-refractivity contribution in [3.63, 3.8) is 0 Å². The lowest BCUT2D eigenvalue weighted by atomic mass is 9.80. The summed E-state index contributed by atoms with van der Waals surface area (Å²) < 4.78 is 27.6. The molecule has 3 rings (SSSR count). The quantitative estimate of drug-likeness (QED) is 0.567. The van der Waals surface area contributed by atoms with Gasteiger partial charge < -0.3 is 0 Å². The van der Waals surface area contributed by atoms with Crippen LogP contribution < -0.4 is 0 Å². The third-order valence-electron chi connectivity index (χ3n) is 4.99. The Balaban J connectivity index is 1.79. The molecule has 0 aromatic heterocycles. The van der Waals surface area contributed by atoms with Crippen LogP contribution in [-0.2, 0) is 12.8 Å². The van der Waals surface area contributed by atoms with E-state index in [-0.39, 0.29) is 11.6 Å². The highest BCUT2D eigenvalue weighted by molar-refractivity contribution is 5.66. The zero-order valence-corrected chi connectivity index (χ0v) is 13.7. The van der Waals surface area contributed by atoms with Crippen LogP contribution in [0.2, 0.25) is 0 Å². The highest BCUT2D eigenvalue weighted by atomic mass is 19.1. The summed E-state index contributed by atoms with van der Waals surface area (Å²) in [7, 11) is 0. The molecule has 2 heteroatoms. The van der Waals surface area contributed by atoms with Crippen LogP contribution in [0, 0.1) is 17.6 Å². The second kappa shape index (κ2) is 7.25. The summed E-state index contributed by atoms with van der Waals surface area (Å²) in [5, 5.41) is 0. The minimum absolute atomic E-state index is 0.190. The van der Waals surface area contributed by atoms with Gasteiger partial charge in [0.05, 0.1) is 0 Å². The van der Waals surface area contributed by atoms with Crippen LogP contribution in [0.25, 0.3) is 11.1 Å². The number of fused-ring (bicyclic) bond motifs is 1. The van der Waals surface area contributed by atoms with Crippen LogP contribution in [0.15, 0.2) is 36.4 Å². The van der Waals surface area contributed by atoms with Crippen LogP contribution in [0.5, 0.6) is 0 Å². The Kier molecular flexibility index (Phi) is 5.09. The molecule has 1 unspecified atom stereocenters. The fraction of sp³-hybridized carbons (Fsp3) is 0.429. The minimum atomic E-state index is -0.290. The maximum absolute atomic E-state index is 14.5. The van der Waals surface area contributed by atoms with Crippen molar-refractivity contribution in [2.45, 2.75) is 51.9 Å². The summed E-state index contributed by atoms with van der Waals surface area (Å²) in [5.74, 6) is 0.219. The van der Waals surface area contributed by atoms with Gasteiger partial charge in [0.25, 0.3) is 0 Å².